The van der Waals surface area contributed by atoms with Gasteiger partial charge in [-0.25, -0.2) is 4.79 Å². The molecule has 0 heterocycles. The van der Waals surface area contributed by atoms with Gasteiger partial charge in [0.2, 0.25) is 0 Å². The molecule has 0 spiro atoms. The molecule has 0 aliphatic rings. The van der Waals surface area contributed by atoms with E-state index in [0.29, 0.717) is 38.9 Å². The van der Waals surface area contributed by atoms with Gasteiger partial charge in [-0.1, -0.05) is 34.8 Å². The van der Waals surface area contributed by atoms with E-state index >= 15 is 0 Å². The summed E-state index contributed by atoms with van der Waals surface area (Å²) in [6, 6.07) is 7.86. The second kappa shape index (κ2) is 9.04. The molecule has 8 heteroatoms. The van der Waals surface area contributed by atoms with Crippen molar-refractivity contribution in [3.05, 3.63) is 51.0 Å². The van der Waals surface area contributed by atoms with Crippen LogP contribution >= 0.6 is 34.8 Å². The van der Waals surface area contributed by atoms with E-state index in [9.17, 15) is 4.79 Å². The third-order valence-electron chi connectivity index (χ3n) is 3.21. The number of hydrogen-bond donors (Lipinski definition) is 2. The highest BCUT2D eigenvalue weighted by Crippen LogP contribution is 2.36. The van der Waals surface area contributed by atoms with Gasteiger partial charge in [0.15, 0.2) is 11.5 Å². The molecule has 2 rings (SSSR count). The molecule has 0 saturated heterocycles. The summed E-state index contributed by atoms with van der Waals surface area (Å²) in [5, 5.41) is 6.64. The van der Waals surface area contributed by atoms with Crippen LogP contribution in [0.15, 0.2) is 30.3 Å². The quantitative estimate of drug-likeness (QED) is 0.681. The first-order valence-corrected chi connectivity index (χ1v) is 8.57. The third-order valence-corrected chi connectivity index (χ3v) is 4.05. The van der Waals surface area contributed by atoms with Gasteiger partial charge in [0.25, 0.3) is 0 Å². The first-order chi connectivity index (χ1) is 11.9. The molecule has 25 heavy (non-hydrogen) atoms. The molecule has 134 valence electrons. The molecule has 0 atom stereocenters. The fraction of sp³-hybridized carbons (Fsp3) is 0.235. The van der Waals surface area contributed by atoms with Gasteiger partial charge in [-0.05, 0) is 42.8 Å². The molecule has 2 aromatic rings. The highest BCUT2D eigenvalue weighted by Gasteiger charge is 2.12. The van der Waals surface area contributed by atoms with Crippen molar-refractivity contribution in [3.63, 3.8) is 0 Å². The van der Waals surface area contributed by atoms with Crippen molar-refractivity contribution in [1.29, 1.82) is 0 Å². The minimum atomic E-state index is -0.423. The first-order valence-electron chi connectivity index (χ1n) is 7.43. The number of carbonyl (C=O) groups is 1. The van der Waals surface area contributed by atoms with Gasteiger partial charge < -0.3 is 20.1 Å². The average Bonchev–Trinajstić information content (AvgIpc) is 2.58. The number of methoxy groups -OCH3 is 1. The summed E-state index contributed by atoms with van der Waals surface area (Å²) >= 11 is 18.1. The number of carbonyl (C=O) groups excluding carboxylic acids is 1. The molecule has 0 radical (unpaired) electrons. The lowest BCUT2D eigenvalue weighted by atomic mass is 10.2. The highest BCUT2D eigenvalue weighted by molar-refractivity contribution is 6.35. The second-order valence-electron chi connectivity index (χ2n) is 4.97. The van der Waals surface area contributed by atoms with Crippen molar-refractivity contribution in [1.82, 2.24) is 5.32 Å². The smallest absolute Gasteiger partial charge is 0.319 e. The zero-order valence-corrected chi connectivity index (χ0v) is 15.9. The fourth-order valence-corrected chi connectivity index (χ4v) is 2.73. The predicted octanol–water partition coefficient (Wildman–Crippen LogP) is 5.38. The van der Waals surface area contributed by atoms with Crippen LogP contribution in [0.5, 0.6) is 11.5 Å². The lowest BCUT2D eigenvalue weighted by Gasteiger charge is -2.14. The number of ether oxygens (including phenoxy) is 2. The summed E-state index contributed by atoms with van der Waals surface area (Å²) in [5.74, 6) is 0.982. The summed E-state index contributed by atoms with van der Waals surface area (Å²) < 4.78 is 10.7. The number of halogens is 3. The number of benzene rings is 2. The van der Waals surface area contributed by atoms with Gasteiger partial charge in [-0.2, -0.15) is 0 Å². The summed E-state index contributed by atoms with van der Waals surface area (Å²) in [6.07, 6.45) is 0. The maximum Gasteiger partial charge on any atom is 0.319 e. The lowest BCUT2D eigenvalue weighted by molar-refractivity contribution is 0.251. The molecule has 5 nitrogen and oxygen atoms in total. The van der Waals surface area contributed by atoms with Crippen LogP contribution in [0, 0.1) is 0 Å². The zero-order valence-electron chi connectivity index (χ0n) is 13.7. The molecule has 0 bridgehead atoms. The minimum absolute atomic E-state index is 0.243. The lowest BCUT2D eigenvalue weighted by Crippen LogP contribution is -2.28. The van der Waals surface area contributed by atoms with Gasteiger partial charge in [0.1, 0.15) is 0 Å². The van der Waals surface area contributed by atoms with E-state index in [1.165, 1.54) is 7.11 Å². The van der Waals surface area contributed by atoms with E-state index in [2.05, 4.69) is 10.6 Å². The van der Waals surface area contributed by atoms with E-state index in [1.54, 1.807) is 30.3 Å². The van der Waals surface area contributed by atoms with Crippen molar-refractivity contribution < 1.29 is 14.3 Å². The maximum atomic E-state index is 12.0. The summed E-state index contributed by atoms with van der Waals surface area (Å²) in [4.78, 5) is 12.0. The van der Waals surface area contributed by atoms with Crippen LogP contribution in [0.4, 0.5) is 10.5 Å². The molecule has 0 saturated carbocycles. The van der Waals surface area contributed by atoms with E-state index < -0.39 is 6.03 Å². The average molecular weight is 404 g/mol. The van der Waals surface area contributed by atoms with Gasteiger partial charge in [-0.15, -0.1) is 0 Å². The van der Waals surface area contributed by atoms with Crippen molar-refractivity contribution >= 4 is 46.5 Å². The van der Waals surface area contributed by atoms with Crippen molar-refractivity contribution in [3.8, 4) is 11.5 Å². The van der Waals surface area contributed by atoms with Gasteiger partial charge in [-0.3, -0.25) is 0 Å². The topological polar surface area (TPSA) is 59.6 Å². The molecule has 0 aliphatic heterocycles. The highest BCUT2D eigenvalue weighted by atomic mass is 35.5. The van der Waals surface area contributed by atoms with Gasteiger partial charge in [0.05, 0.1) is 29.4 Å². The van der Waals surface area contributed by atoms with Crippen molar-refractivity contribution in [2.75, 3.05) is 19.0 Å². The molecule has 0 fully saturated rings. The monoisotopic (exact) mass is 402 g/mol. The Morgan fingerprint density at radius 1 is 1.12 bits per heavy atom. The molecule has 0 aliphatic carbocycles. The molecule has 2 aromatic carbocycles. The number of nitrogens with one attached hydrogen (secondary N) is 2. The maximum absolute atomic E-state index is 12.0. The first kappa shape index (κ1) is 19.5. The number of hydrogen-bond acceptors (Lipinski definition) is 3. The molecular weight excluding hydrogens is 387 g/mol. The zero-order chi connectivity index (χ0) is 18.4. The molecule has 0 aromatic heterocycles. The van der Waals surface area contributed by atoms with Gasteiger partial charge in [0, 0.05) is 11.6 Å². The Hall–Kier alpha value is -1.82. The van der Waals surface area contributed by atoms with Crippen molar-refractivity contribution in [2.45, 2.75) is 13.5 Å². The van der Waals surface area contributed by atoms with Crippen LogP contribution in [-0.4, -0.2) is 19.7 Å². The third kappa shape index (κ3) is 5.33. The number of urea groups is 1. The Bertz CT molecular complexity index is 769. The standard InChI is InChI=1S/C17H17Cl3N2O3/c1-3-25-16-13(20)6-10(7-15(16)24-2)9-21-17(23)22-14-8-11(18)4-5-12(14)19/h4-8H,3,9H2,1-2H3,(H2,21,22,23). The Morgan fingerprint density at radius 3 is 2.56 bits per heavy atom. The number of amides is 2. The van der Waals surface area contributed by atoms with E-state index in [0.717, 1.165) is 5.56 Å². The molecule has 2 amide bonds. The van der Waals surface area contributed by atoms with E-state index in [-0.39, 0.29) is 6.54 Å². The Balaban J connectivity index is 2.04. The van der Waals surface area contributed by atoms with Gasteiger partial charge >= 0.3 is 6.03 Å². The van der Waals surface area contributed by atoms with Crippen LogP contribution in [0.2, 0.25) is 15.1 Å². The predicted molar refractivity (Wildman–Crippen MR) is 101 cm³/mol. The van der Waals surface area contributed by atoms with Crippen LogP contribution in [0.1, 0.15) is 12.5 Å². The Labute approximate surface area is 161 Å². The summed E-state index contributed by atoms with van der Waals surface area (Å²) in [6.45, 7) is 2.57. The van der Waals surface area contributed by atoms with E-state index in [1.807, 2.05) is 6.92 Å². The summed E-state index contributed by atoms with van der Waals surface area (Å²) in [5.41, 5.74) is 1.19. The largest absolute Gasteiger partial charge is 0.493 e. The Kier molecular flexibility index (Phi) is 7.05. The van der Waals surface area contributed by atoms with Crippen molar-refractivity contribution in [2.24, 2.45) is 0 Å². The number of rotatable bonds is 6. The van der Waals surface area contributed by atoms with Crippen LogP contribution in [0.25, 0.3) is 0 Å². The fourth-order valence-electron chi connectivity index (χ4n) is 2.10. The molecule has 0 unspecified atom stereocenters. The van der Waals surface area contributed by atoms with E-state index in [4.69, 9.17) is 44.3 Å². The SMILES string of the molecule is CCOc1c(Cl)cc(CNC(=O)Nc2cc(Cl)ccc2Cl)cc1OC. The second-order valence-corrected chi connectivity index (χ2v) is 6.22. The minimum Gasteiger partial charge on any atom is -0.493 e. The van der Waals surface area contributed by atoms with Crippen LogP contribution in [0.3, 0.4) is 0 Å². The number of anilines is 1. The normalized spacial score (nSPS) is 10.3. The summed E-state index contributed by atoms with van der Waals surface area (Å²) in [7, 11) is 1.53. The molecular formula is C17H17Cl3N2O3. The van der Waals surface area contributed by atoms with Crippen LogP contribution in [-0.2, 0) is 6.54 Å². The Morgan fingerprint density at radius 2 is 1.88 bits per heavy atom. The van der Waals surface area contributed by atoms with Crippen LogP contribution < -0.4 is 20.1 Å². The molecule has 2 N–H and O–H groups in total.